The van der Waals surface area contributed by atoms with Gasteiger partial charge in [0.2, 0.25) is 0 Å². The van der Waals surface area contributed by atoms with Crippen molar-refractivity contribution in [1.29, 1.82) is 5.26 Å². The number of benzene rings is 9. The van der Waals surface area contributed by atoms with Crippen molar-refractivity contribution in [2.24, 2.45) is 0 Å². The van der Waals surface area contributed by atoms with Gasteiger partial charge in [-0.2, -0.15) is 5.26 Å². The maximum absolute atomic E-state index is 9.25. The molecule has 0 fully saturated rings. The molecule has 0 aliphatic rings. The fourth-order valence-corrected chi connectivity index (χ4v) is 7.73. The summed E-state index contributed by atoms with van der Waals surface area (Å²) in [5.41, 5.74) is 12.6. The molecule has 9 aromatic carbocycles. The molecule has 0 N–H and O–H groups in total. The standard InChI is InChI=1S/C54H34N4/c55-35-36-15-17-37(18-16-36)38-19-25-42(26-20-38)51-49-14-8-7-9-41(49)31-32-50(51)47-30-24-40-23-29-46(33-48(40)34-47)39-21-27-45(28-22-39)54-57-52(43-10-3-1-4-11-43)56-53(58-54)44-12-5-2-6-13-44/h1-34H. The first-order chi connectivity index (χ1) is 28.7. The van der Waals surface area contributed by atoms with E-state index in [2.05, 4.69) is 127 Å². The third kappa shape index (κ3) is 6.68. The molecule has 10 rings (SSSR count). The normalized spacial score (nSPS) is 11.1. The minimum absolute atomic E-state index is 0.637. The van der Waals surface area contributed by atoms with Crippen molar-refractivity contribution in [1.82, 2.24) is 15.0 Å². The highest BCUT2D eigenvalue weighted by atomic mass is 15.0. The van der Waals surface area contributed by atoms with Crippen LogP contribution in [-0.2, 0) is 0 Å². The summed E-state index contributed by atoms with van der Waals surface area (Å²) in [7, 11) is 0. The summed E-state index contributed by atoms with van der Waals surface area (Å²) in [5.74, 6) is 1.93. The van der Waals surface area contributed by atoms with Gasteiger partial charge in [-0.3, -0.25) is 0 Å². The topological polar surface area (TPSA) is 62.5 Å². The Morgan fingerprint density at radius 3 is 1.34 bits per heavy atom. The second-order valence-electron chi connectivity index (χ2n) is 14.4. The van der Waals surface area contributed by atoms with Crippen molar-refractivity contribution in [3.8, 4) is 84.7 Å². The number of rotatable bonds is 7. The summed E-state index contributed by atoms with van der Waals surface area (Å²) in [4.78, 5) is 14.7. The predicted octanol–water partition coefficient (Wildman–Crippen LogP) is 13.7. The molecule has 1 heterocycles. The van der Waals surface area contributed by atoms with Gasteiger partial charge in [0.25, 0.3) is 0 Å². The fraction of sp³-hybridized carbons (Fsp3) is 0. The van der Waals surface area contributed by atoms with E-state index < -0.39 is 0 Å². The van der Waals surface area contributed by atoms with Crippen LogP contribution in [0.3, 0.4) is 0 Å². The van der Waals surface area contributed by atoms with Crippen molar-refractivity contribution in [2.45, 2.75) is 0 Å². The third-order valence-electron chi connectivity index (χ3n) is 10.8. The van der Waals surface area contributed by atoms with Crippen molar-refractivity contribution in [3.63, 3.8) is 0 Å². The van der Waals surface area contributed by atoms with E-state index in [1.807, 2.05) is 84.9 Å². The molecule has 58 heavy (non-hydrogen) atoms. The largest absolute Gasteiger partial charge is 0.208 e. The predicted molar refractivity (Wildman–Crippen MR) is 238 cm³/mol. The molecule has 1 aromatic heterocycles. The van der Waals surface area contributed by atoms with Crippen LogP contribution in [0, 0.1) is 11.3 Å². The molecule has 0 radical (unpaired) electrons. The molecule has 0 atom stereocenters. The van der Waals surface area contributed by atoms with E-state index in [4.69, 9.17) is 15.0 Å². The summed E-state index contributed by atoms with van der Waals surface area (Å²) in [6.45, 7) is 0. The zero-order chi connectivity index (χ0) is 38.8. The summed E-state index contributed by atoms with van der Waals surface area (Å²) >= 11 is 0. The van der Waals surface area contributed by atoms with Gasteiger partial charge in [-0.25, -0.2) is 15.0 Å². The highest BCUT2D eigenvalue weighted by Gasteiger charge is 2.15. The van der Waals surface area contributed by atoms with Crippen molar-refractivity contribution in [2.75, 3.05) is 0 Å². The Bertz CT molecular complexity index is 3070. The Morgan fingerprint density at radius 2 is 0.741 bits per heavy atom. The lowest BCUT2D eigenvalue weighted by atomic mass is 9.88. The molecule has 0 saturated heterocycles. The van der Waals surface area contributed by atoms with Gasteiger partial charge in [0.05, 0.1) is 11.6 Å². The smallest absolute Gasteiger partial charge is 0.164 e. The van der Waals surface area contributed by atoms with E-state index in [1.54, 1.807) is 0 Å². The minimum Gasteiger partial charge on any atom is -0.208 e. The first-order valence-corrected chi connectivity index (χ1v) is 19.3. The van der Waals surface area contributed by atoms with Crippen LogP contribution in [0.2, 0.25) is 0 Å². The minimum atomic E-state index is 0.637. The average Bonchev–Trinajstić information content (AvgIpc) is 3.31. The SMILES string of the molecule is N#Cc1ccc(-c2ccc(-c3c(-c4ccc5ccc(-c6ccc(-c7nc(-c8ccccc8)nc(-c8ccccc8)n7)cc6)cc5c4)ccc4ccccc34)cc2)cc1. The van der Waals surface area contributed by atoms with Crippen molar-refractivity contribution >= 4 is 21.5 Å². The van der Waals surface area contributed by atoms with E-state index in [-0.39, 0.29) is 0 Å². The molecule has 0 aliphatic carbocycles. The highest BCUT2D eigenvalue weighted by Crippen LogP contribution is 2.40. The molecular formula is C54H34N4. The quantitative estimate of drug-likeness (QED) is 0.163. The lowest BCUT2D eigenvalue weighted by molar-refractivity contribution is 1.07. The fourth-order valence-electron chi connectivity index (χ4n) is 7.73. The van der Waals surface area contributed by atoms with Crippen LogP contribution in [-0.4, -0.2) is 15.0 Å². The summed E-state index contributed by atoms with van der Waals surface area (Å²) in [6.07, 6.45) is 0. The van der Waals surface area contributed by atoms with Gasteiger partial charge in [-0.1, -0.05) is 182 Å². The molecule has 0 amide bonds. The number of hydrogen-bond acceptors (Lipinski definition) is 4. The molecule has 0 aliphatic heterocycles. The zero-order valence-electron chi connectivity index (χ0n) is 31.4. The van der Waals surface area contributed by atoms with Crippen LogP contribution < -0.4 is 0 Å². The van der Waals surface area contributed by atoms with Crippen molar-refractivity contribution in [3.05, 3.63) is 212 Å². The molecular weight excluding hydrogens is 705 g/mol. The van der Waals surface area contributed by atoms with Crippen molar-refractivity contribution < 1.29 is 0 Å². The number of fused-ring (bicyclic) bond motifs is 2. The van der Waals surface area contributed by atoms with Gasteiger partial charge in [0, 0.05) is 16.7 Å². The van der Waals surface area contributed by atoms with Gasteiger partial charge >= 0.3 is 0 Å². The van der Waals surface area contributed by atoms with Crippen LogP contribution in [0.15, 0.2) is 206 Å². The van der Waals surface area contributed by atoms with E-state index >= 15 is 0 Å². The average molecular weight is 739 g/mol. The summed E-state index contributed by atoms with van der Waals surface area (Å²) in [6, 6.07) is 73.9. The lowest BCUT2D eigenvalue weighted by Crippen LogP contribution is -2.00. The van der Waals surface area contributed by atoms with Gasteiger partial charge in [0.15, 0.2) is 17.5 Å². The van der Waals surface area contributed by atoms with Gasteiger partial charge < -0.3 is 0 Å². The van der Waals surface area contributed by atoms with Gasteiger partial charge in [-0.15, -0.1) is 0 Å². The van der Waals surface area contributed by atoms with Crippen LogP contribution in [0.5, 0.6) is 0 Å². The Balaban J connectivity index is 1.00. The summed E-state index contributed by atoms with van der Waals surface area (Å²) in [5, 5.41) is 14.0. The molecule has 270 valence electrons. The number of nitriles is 1. The van der Waals surface area contributed by atoms with Crippen LogP contribution in [0.1, 0.15) is 5.56 Å². The molecule has 4 heteroatoms. The monoisotopic (exact) mass is 738 g/mol. The van der Waals surface area contributed by atoms with Gasteiger partial charge in [-0.05, 0) is 90.3 Å². The van der Waals surface area contributed by atoms with Crippen LogP contribution in [0.25, 0.3) is 100 Å². The maximum Gasteiger partial charge on any atom is 0.164 e. The molecule has 0 bridgehead atoms. The maximum atomic E-state index is 9.25. The lowest BCUT2D eigenvalue weighted by Gasteiger charge is -2.16. The second-order valence-corrected chi connectivity index (χ2v) is 14.4. The number of nitrogens with zero attached hydrogens (tertiary/aromatic N) is 4. The van der Waals surface area contributed by atoms with E-state index in [1.165, 1.54) is 32.7 Å². The summed E-state index contributed by atoms with van der Waals surface area (Å²) < 4.78 is 0. The Hall–Kier alpha value is -8.00. The molecule has 0 unspecified atom stereocenters. The molecule has 0 saturated carbocycles. The third-order valence-corrected chi connectivity index (χ3v) is 10.8. The Kier molecular flexibility index (Phi) is 8.87. The Morgan fingerprint density at radius 1 is 0.310 bits per heavy atom. The molecule has 10 aromatic rings. The first-order valence-electron chi connectivity index (χ1n) is 19.3. The first kappa shape index (κ1) is 34.5. The number of aromatic nitrogens is 3. The highest BCUT2D eigenvalue weighted by molar-refractivity contribution is 6.05. The zero-order valence-corrected chi connectivity index (χ0v) is 31.4. The molecule has 4 nitrogen and oxygen atoms in total. The van der Waals surface area contributed by atoms with Gasteiger partial charge in [0.1, 0.15) is 0 Å². The second kappa shape index (κ2) is 14.9. The van der Waals surface area contributed by atoms with E-state index in [0.717, 1.165) is 50.1 Å². The van der Waals surface area contributed by atoms with Crippen LogP contribution >= 0.6 is 0 Å². The van der Waals surface area contributed by atoms with E-state index in [0.29, 0.717) is 23.0 Å². The molecule has 0 spiro atoms. The number of hydrogen-bond donors (Lipinski definition) is 0. The van der Waals surface area contributed by atoms with Crippen LogP contribution in [0.4, 0.5) is 0 Å². The Labute approximate surface area is 337 Å². The van der Waals surface area contributed by atoms with E-state index in [9.17, 15) is 5.26 Å².